The molecule has 1 saturated heterocycles. The predicted molar refractivity (Wildman–Crippen MR) is 60.5 cm³/mol. The fourth-order valence-electron chi connectivity index (χ4n) is 1.88. The molecule has 16 heavy (non-hydrogen) atoms. The number of nitrogens with zero attached hydrogens (tertiary/aromatic N) is 1. The number of hydrogen-bond acceptors (Lipinski definition) is 2. The van der Waals surface area contributed by atoms with E-state index in [1.807, 2.05) is 18.2 Å². The molecule has 1 fully saturated rings. The molecular weight excluding hydrogens is 204 g/mol. The molecule has 1 aromatic rings. The number of benzene rings is 1. The van der Waals surface area contributed by atoms with Crippen molar-refractivity contribution in [2.75, 3.05) is 13.6 Å². The first kappa shape index (κ1) is 11.0. The maximum absolute atomic E-state index is 11.2. The van der Waals surface area contributed by atoms with Crippen LogP contribution in [0.1, 0.15) is 24.4 Å². The Morgan fingerprint density at radius 1 is 1.50 bits per heavy atom. The number of hydrogen-bond donors (Lipinski definition) is 1. The van der Waals surface area contributed by atoms with Crippen LogP contribution >= 0.6 is 0 Å². The van der Waals surface area contributed by atoms with Crippen LogP contribution in [0.25, 0.3) is 0 Å². The fourth-order valence-corrected chi connectivity index (χ4v) is 1.88. The number of ether oxygens (including phenoxy) is 1. The highest BCUT2D eigenvalue weighted by atomic mass is 16.6. The highest BCUT2D eigenvalue weighted by molar-refractivity contribution is 5.70. The van der Waals surface area contributed by atoms with Gasteiger partial charge < -0.3 is 10.1 Å². The number of amides is 1. The molecule has 0 aromatic heterocycles. The van der Waals surface area contributed by atoms with E-state index in [1.165, 1.54) is 0 Å². The fraction of sp³-hybridized carbons (Fsp3) is 0.417. The molecule has 85 valence electrons. The SMILES string of the molecule is CNC(=O)Oc1ccccc1C1CCC[N]1. The number of carbonyl (C=O) groups is 1. The number of rotatable bonds is 2. The topological polar surface area (TPSA) is 52.4 Å². The van der Waals surface area contributed by atoms with Gasteiger partial charge in [-0.1, -0.05) is 18.2 Å². The summed E-state index contributed by atoms with van der Waals surface area (Å²) in [5.74, 6) is 0.609. The molecule has 0 saturated carbocycles. The molecule has 1 N–H and O–H groups in total. The van der Waals surface area contributed by atoms with Crippen LogP contribution < -0.4 is 15.4 Å². The summed E-state index contributed by atoms with van der Waals surface area (Å²) in [6.07, 6.45) is 1.71. The second kappa shape index (κ2) is 4.99. The molecule has 1 atom stereocenters. The molecule has 2 rings (SSSR count). The normalized spacial score (nSPS) is 19.4. The van der Waals surface area contributed by atoms with E-state index in [4.69, 9.17) is 4.74 Å². The van der Waals surface area contributed by atoms with Gasteiger partial charge in [-0.2, -0.15) is 0 Å². The van der Waals surface area contributed by atoms with Crippen molar-refractivity contribution in [2.45, 2.75) is 18.9 Å². The van der Waals surface area contributed by atoms with Gasteiger partial charge in [-0.05, 0) is 18.9 Å². The summed E-state index contributed by atoms with van der Waals surface area (Å²) in [7, 11) is 1.55. The Hall–Kier alpha value is -1.55. The summed E-state index contributed by atoms with van der Waals surface area (Å²) in [4.78, 5) is 11.2. The minimum absolute atomic E-state index is 0.181. The largest absolute Gasteiger partial charge is 0.412 e. The van der Waals surface area contributed by atoms with Gasteiger partial charge in [0.25, 0.3) is 0 Å². The molecule has 4 heteroatoms. The summed E-state index contributed by atoms with van der Waals surface area (Å²) < 4.78 is 5.20. The van der Waals surface area contributed by atoms with Gasteiger partial charge in [0, 0.05) is 19.2 Å². The molecule has 1 aliphatic rings. The average Bonchev–Trinajstić information content (AvgIpc) is 2.83. The van der Waals surface area contributed by atoms with Crippen molar-refractivity contribution in [1.29, 1.82) is 0 Å². The van der Waals surface area contributed by atoms with E-state index < -0.39 is 6.09 Å². The Bertz CT molecular complexity index is 373. The third-order valence-electron chi connectivity index (χ3n) is 2.67. The zero-order valence-electron chi connectivity index (χ0n) is 9.27. The molecule has 4 nitrogen and oxygen atoms in total. The second-order valence-corrected chi connectivity index (χ2v) is 3.74. The lowest BCUT2D eigenvalue weighted by Crippen LogP contribution is -2.23. The molecule has 1 aliphatic heterocycles. The zero-order chi connectivity index (χ0) is 11.4. The smallest absolute Gasteiger partial charge is 0.410 e. The molecule has 0 aliphatic carbocycles. The highest BCUT2D eigenvalue weighted by Crippen LogP contribution is 2.31. The number of carbonyl (C=O) groups excluding carboxylic acids is 1. The first-order chi connectivity index (χ1) is 7.81. The van der Waals surface area contributed by atoms with Gasteiger partial charge in [-0.25, -0.2) is 10.1 Å². The lowest BCUT2D eigenvalue weighted by Gasteiger charge is -2.14. The standard InChI is InChI=1S/C12H15N2O2/c1-13-12(15)16-11-7-3-2-5-9(11)10-6-4-8-14-10/h2-3,5,7,10H,4,6,8H2,1H3,(H,13,15). The summed E-state index contributed by atoms with van der Waals surface area (Å²) in [6, 6.07) is 7.76. The van der Waals surface area contributed by atoms with Crippen molar-refractivity contribution in [3.63, 3.8) is 0 Å². The van der Waals surface area contributed by atoms with Gasteiger partial charge in [-0.15, -0.1) is 0 Å². The monoisotopic (exact) mass is 219 g/mol. The first-order valence-corrected chi connectivity index (χ1v) is 5.46. The van der Waals surface area contributed by atoms with Gasteiger partial charge in [0.05, 0.1) is 6.04 Å². The summed E-state index contributed by atoms with van der Waals surface area (Å²) in [5, 5.41) is 6.93. The molecule has 1 unspecified atom stereocenters. The highest BCUT2D eigenvalue weighted by Gasteiger charge is 2.21. The zero-order valence-corrected chi connectivity index (χ0v) is 9.27. The number of para-hydroxylation sites is 1. The van der Waals surface area contributed by atoms with Crippen molar-refractivity contribution in [3.05, 3.63) is 29.8 Å². The van der Waals surface area contributed by atoms with E-state index >= 15 is 0 Å². The van der Waals surface area contributed by atoms with Crippen LogP contribution in [0.5, 0.6) is 5.75 Å². The van der Waals surface area contributed by atoms with Gasteiger partial charge in [0.15, 0.2) is 0 Å². The van der Waals surface area contributed by atoms with E-state index in [-0.39, 0.29) is 6.04 Å². The van der Waals surface area contributed by atoms with E-state index in [1.54, 1.807) is 13.1 Å². The first-order valence-electron chi connectivity index (χ1n) is 5.46. The van der Waals surface area contributed by atoms with Crippen LogP contribution in [0.15, 0.2) is 24.3 Å². The van der Waals surface area contributed by atoms with Crippen LogP contribution in [-0.4, -0.2) is 19.7 Å². The molecule has 1 amide bonds. The van der Waals surface area contributed by atoms with E-state index in [0.29, 0.717) is 5.75 Å². The molecule has 0 bridgehead atoms. The third-order valence-corrected chi connectivity index (χ3v) is 2.67. The maximum atomic E-state index is 11.2. The second-order valence-electron chi connectivity index (χ2n) is 3.74. The van der Waals surface area contributed by atoms with Crippen molar-refractivity contribution in [2.24, 2.45) is 0 Å². The predicted octanol–water partition coefficient (Wildman–Crippen LogP) is 1.84. The Labute approximate surface area is 95.0 Å². The quantitative estimate of drug-likeness (QED) is 0.825. The van der Waals surface area contributed by atoms with Gasteiger partial charge in [0.2, 0.25) is 0 Å². The lowest BCUT2D eigenvalue weighted by atomic mass is 10.0. The molecule has 1 radical (unpaired) electrons. The van der Waals surface area contributed by atoms with Crippen molar-refractivity contribution in [1.82, 2.24) is 10.6 Å². The Morgan fingerprint density at radius 2 is 2.31 bits per heavy atom. The van der Waals surface area contributed by atoms with Gasteiger partial charge in [0.1, 0.15) is 5.75 Å². The van der Waals surface area contributed by atoms with Crippen LogP contribution in [0.4, 0.5) is 4.79 Å². The molecule has 1 aromatic carbocycles. The maximum Gasteiger partial charge on any atom is 0.412 e. The molecular formula is C12H15N2O2. The van der Waals surface area contributed by atoms with Crippen LogP contribution in [0.3, 0.4) is 0 Å². The Morgan fingerprint density at radius 3 is 3.00 bits per heavy atom. The van der Waals surface area contributed by atoms with Crippen LogP contribution in [0.2, 0.25) is 0 Å². The molecule has 1 heterocycles. The van der Waals surface area contributed by atoms with Crippen LogP contribution in [-0.2, 0) is 0 Å². The minimum atomic E-state index is -0.439. The van der Waals surface area contributed by atoms with Gasteiger partial charge >= 0.3 is 6.09 Å². The van der Waals surface area contributed by atoms with Crippen molar-refractivity contribution in [3.8, 4) is 5.75 Å². The van der Waals surface area contributed by atoms with Crippen molar-refractivity contribution < 1.29 is 9.53 Å². The summed E-state index contributed by atoms with van der Waals surface area (Å²) in [5.41, 5.74) is 1.00. The summed E-state index contributed by atoms with van der Waals surface area (Å²) >= 11 is 0. The Balaban J connectivity index is 2.19. The van der Waals surface area contributed by atoms with E-state index in [2.05, 4.69) is 10.6 Å². The van der Waals surface area contributed by atoms with E-state index in [0.717, 1.165) is 24.9 Å². The molecule has 0 spiro atoms. The van der Waals surface area contributed by atoms with Crippen molar-refractivity contribution >= 4 is 6.09 Å². The third kappa shape index (κ3) is 2.33. The van der Waals surface area contributed by atoms with E-state index in [9.17, 15) is 4.79 Å². The Kier molecular flexibility index (Phi) is 3.41. The summed E-state index contributed by atoms with van der Waals surface area (Å²) in [6.45, 7) is 0.902. The van der Waals surface area contributed by atoms with Gasteiger partial charge in [-0.3, -0.25) is 0 Å². The number of nitrogens with one attached hydrogen (secondary N) is 1. The minimum Gasteiger partial charge on any atom is -0.410 e. The average molecular weight is 219 g/mol. The van der Waals surface area contributed by atoms with Crippen LogP contribution in [0, 0.1) is 0 Å². The lowest BCUT2D eigenvalue weighted by molar-refractivity contribution is 0.202.